The van der Waals surface area contributed by atoms with Crippen LogP contribution in [0.2, 0.25) is 0 Å². The van der Waals surface area contributed by atoms with Crippen LogP contribution in [0.1, 0.15) is 33.6 Å². The zero-order valence-corrected chi connectivity index (χ0v) is 8.75. The number of aldehydes is 1. The minimum Gasteiger partial charge on any atom is -0.360 e. The Morgan fingerprint density at radius 3 is 2.77 bits per heavy atom. The molecule has 0 radical (unpaired) electrons. The molecule has 1 fully saturated rings. The quantitative estimate of drug-likeness (QED) is 0.623. The summed E-state index contributed by atoms with van der Waals surface area (Å²) in [5.74, 6) is 0. The summed E-state index contributed by atoms with van der Waals surface area (Å²) in [6.07, 6.45) is 3.12. The highest BCUT2D eigenvalue weighted by Gasteiger charge is 2.25. The molecule has 1 aliphatic heterocycles. The van der Waals surface area contributed by atoms with Gasteiger partial charge in [-0.15, -0.1) is 0 Å². The van der Waals surface area contributed by atoms with E-state index in [1.807, 2.05) is 20.8 Å². The van der Waals surface area contributed by atoms with Gasteiger partial charge in [-0.1, -0.05) is 0 Å². The molecule has 0 aliphatic carbocycles. The lowest BCUT2D eigenvalue weighted by Crippen LogP contribution is -2.36. The number of hydrogen-bond donors (Lipinski definition) is 0. The van der Waals surface area contributed by atoms with Crippen molar-refractivity contribution >= 4 is 6.29 Å². The summed E-state index contributed by atoms with van der Waals surface area (Å²) < 4.78 is 5.61. The van der Waals surface area contributed by atoms with Crippen molar-refractivity contribution in [2.75, 3.05) is 13.3 Å². The van der Waals surface area contributed by atoms with Gasteiger partial charge in [0.15, 0.2) is 0 Å². The largest absolute Gasteiger partial charge is 0.360 e. The summed E-state index contributed by atoms with van der Waals surface area (Å²) >= 11 is 0. The van der Waals surface area contributed by atoms with E-state index < -0.39 is 0 Å². The van der Waals surface area contributed by atoms with Crippen molar-refractivity contribution in [3.63, 3.8) is 0 Å². The standard InChI is InChI=1S/C10H19NO2/c1-10(2,3)13-8-11-6-4-5-9(11)7-12/h7,9H,4-6,8H2,1-3H3. The number of ether oxygens (including phenoxy) is 1. The maximum absolute atomic E-state index is 10.6. The van der Waals surface area contributed by atoms with Gasteiger partial charge < -0.3 is 9.53 Å². The van der Waals surface area contributed by atoms with Crippen LogP contribution in [0.15, 0.2) is 0 Å². The number of likely N-dealkylation sites (tertiary alicyclic amines) is 1. The van der Waals surface area contributed by atoms with E-state index in [1.54, 1.807) is 0 Å². The molecule has 13 heavy (non-hydrogen) atoms. The lowest BCUT2D eigenvalue weighted by atomic mass is 10.2. The number of carbonyl (C=O) groups excluding carboxylic acids is 1. The highest BCUT2D eigenvalue weighted by atomic mass is 16.5. The van der Waals surface area contributed by atoms with Crippen LogP contribution in [-0.2, 0) is 9.53 Å². The van der Waals surface area contributed by atoms with Gasteiger partial charge in [0.25, 0.3) is 0 Å². The molecule has 0 aromatic carbocycles. The monoisotopic (exact) mass is 185 g/mol. The summed E-state index contributed by atoms with van der Waals surface area (Å²) in [5.41, 5.74) is -0.115. The lowest BCUT2D eigenvalue weighted by molar-refractivity contribution is -0.116. The Bertz CT molecular complexity index is 174. The highest BCUT2D eigenvalue weighted by Crippen LogP contribution is 2.17. The zero-order valence-electron chi connectivity index (χ0n) is 8.75. The molecule has 1 unspecified atom stereocenters. The minimum atomic E-state index is -0.115. The van der Waals surface area contributed by atoms with Crippen molar-refractivity contribution in [1.29, 1.82) is 0 Å². The first kappa shape index (κ1) is 10.7. The fraction of sp³-hybridized carbons (Fsp3) is 0.900. The predicted octanol–water partition coefficient (Wildman–Crippen LogP) is 1.42. The molecule has 0 aromatic rings. The van der Waals surface area contributed by atoms with Gasteiger partial charge in [0.05, 0.1) is 11.6 Å². The second kappa shape index (κ2) is 4.20. The molecule has 0 aromatic heterocycles. The van der Waals surface area contributed by atoms with Crippen LogP contribution in [0.25, 0.3) is 0 Å². The fourth-order valence-corrected chi connectivity index (χ4v) is 1.44. The molecule has 3 heteroatoms. The maximum atomic E-state index is 10.6. The third kappa shape index (κ3) is 3.44. The average Bonchev–Trinajstić information content (AvgIpc) is 2.46. The van der Waals surface area contributed by atoms with Crippen LogP contribution >= 0.6 is 0 Å². The van der Waals surface area contributed by atoms with Gasteiger partial charge in [-0.3, -0.25) is 4.90 Å². The van der Waals surface area contributed by atoms with Gasteiger partial charge in [0, 0.05) is 6.54 Å². The first-order valence-corrected chi connectivity index (χ1v) is 4.86. The van der Waals surface area contributed by atoms with E-state index in [2.05, 4.69) is 4.90 Å². The Kier molecular flexibility index (Phi) is 3.45. The van der Waals surface area contributed by atoms with E-state index in [0.717, 1.165) is 25.7 Å². The first-order chi connectivity index (χ1) is 6.03. The molecule has 3 nitrogen and oxygen atoms in total. The Labute approximate surface area is 80.1 Å². The molecule has 1 aliphatic rings. The van der Waals surface area contributed by atoms with Crippen molar-refractivity contribution in [1.82, 2.24) is 4.90 Å². The van der Waals surface area contributed by atoms with E-state index in [1.165, 1.54) is 0 Å². The van der Waals surface area contributed by atoms with Crippen LogP contribution in [0.4, 0.5) is 0 Å². The van der Waals surface area contributed by atoms with E-state index in [9.17, 15) is 4.79 Å². The Balaban J connectivity index is 2.32. The number of carbonyl (C=O) groups is 1. The van der Waals surface area contributed by atoms with Crippen LogP contribution < -0.4 is 0 Å². The van der Waals surface area contributed by atoms with E-state index in [0.29, 0.717) is 6.73 Å². The first-order valence-electron chi connectivity index (χ1n) is 4.86. The molecular formula is C10H19NO2. The molecule has 0 N–H and O–H groups in total. The third-order valence-electron chi connectivity index (χ3n) is 2.23. The second-order valence-electron chi connectivity index (χ2n) is 4.54. The van der Waals surface area contributed by atoms with Gasteiger partial charge in [-0.2, -0.15) is 0 Å². The minimum absolute atomic E-state index is 0.0855. The molecule has 1 rings (SSSR count). The highest BCUT2D eigenvalue weighted by molar-refractivity contribution is 5.57. The molecule has 0 spiro atoms. The molecule has 0 bridgehead atoms. The van der Waals surface area contributed by atoms with Crippen molar-refractivity contribution in [2.24, 2.45) is 0 Å². The number of nitrogens with zero attached hydrogens (tertiary/aromatic N) is 1. The van der Waals surface area contributed by atoms with Gasteiger partial charge in [0.2, 0.25) is 0 Å². The molecular weight excluding hydrogens is 166 g/mol. The summed E-state index contributed by atoms with van der Waals surface area (Å²) in [4.78, 5) is 12.7. The number of hydrogen-bond acceptors (Lipinski definition) is 3. The molecule has 76 valence electrons. The van der Waals surface area contributed by atoms with Crippen molar-refractivity contribution in [3.05, 3.63) is 0 Å². The van der Waals surface area contributed by atoms with Crippen molar-refractivity contribution < 1.29 is 9.53 Å². The van der Waals surface area contributed by atoms with Gasteiger partial charge in [-0.25, -0.2) is 0 Å². The Hall–Kier alpha value is -0.410. The van der Waals surface area contributed by atoms with Crippen molar-refractivity contribution in [2.45, 2.75) is 45.3 Å². The third-order valence-corrected chi connectivity index (χ3v) is 2.23. The van der Waals surface area contributed by atoms with Gasteiger partial charge >= 0.3 is 0 Å². The summed E-state index contributed by atoms with van der Waals surface area (Å²) in [6, 6.07) is 0.0855. The predicted molar refractivity (Wildman–Crippen MR) is 51.5 cm³/mol. The van der Waals surface area contributed by atoms with Crippen LogP contribution in [-0.4, -0.2) is 36.1 Å². The van der Waals surface area contributed by atoms with E-state index in [-0.39, 0.29) is 11.6 Å². The average molecular weight is 185 g/mol. The molecule has 0 amide bonds. The molecule has 1 heterocycles. The van der Waals surface area contributed by atoms with E-state index >= 15 is 0 Å². The van der Waals surface area contributed by atoms with E-state index in [4.69, 9.17) is 4.74 Å². The summed E-state index contributed by atoms with van der Waals surface area (Å²) in [6.45, 7) is 7.64. The fourth-order valence-electron chi connectivity index (χ4n) is 1.44. The van der Waals surface area contributed by atoms with Crippen LogP contribution in [0.5, 0.6) is 0 Å². The molecule has 1 saturated heterocycles. The molecule has 0 saturated carbocycles. The smallest absolute Gasteiger partial charge is 0.137 e. The molecule has 1 atom stereocenters. The van der Waals surface area contributed by atoms with Crippen LogP contribution in [0.3, 0.4) is 0 Å². The van der Waals surface area contributed by atoms with Crippen molar-refractivity contribution in [3.8, 4) is 0 Å². The lowest BCUT2D eigenvalue weighted by Gasteiger charge is -2.26. The topological polar surface area (TPSA) is 29.5 Å². The Morgan fingerprint density at radius 2 is 2.23 bits per heavy atom. The zero-order chi connectivity index (χ0) is 9.90. The van der Waals surface area contributed by atoms with Gasteiger partial charge in [0.1, 0.15) is 13.0 Å². The SMILES string of the molecule is CC(C)(C)OCN1CCCC1C=O. The van der Waals surface area contributed by atoms with Gasteiger partial charge in [-0.05, 0) is 33.6 Å². The second-order valence-corrected chi connectivity index (χ2v) is 4.54. The maximum Gasteiger partial charge on any atom is 0.137 e. The number of rotatable bonds is 3. The summed E-state index contributed by atoms with van der Waals surface area (Å²) in [5, 5.41) is 0. The normalized spacial score (nSPS) is 25.0. The summed E-state index contributed by atoms with van der Waals surface area (Å²) in [7, 11) is 0. The van der Waals surface area contributed by atoms with Crippen LogP contribution in [0, 0.1) is 0 Å². The Morgan fingerprint density at radius 1 is 1.54 bits per heavy atom.